The Labute approximate surface area is 294 Å². The molecule has 1 aromatic carbocycles. The zero-order chi connectivity index (χ0) is 37.1. The molecular weight excluding hydrogens is 696 g/mol. The summed E-state index contributed by atoms with van der Waals surface area (Å²) >= 11 is 5.84. The molecule has 0 spiro atoms. The molecule has 270 valence electrons. The summed E-state index contributed by atoms with van der Waals surface area (Å²) in [6.07, 6.45) is 11.9. The van der Waals surface area contributed by atoms with E-state index in [1.54, 1.807) is 73.7 Å². The van der Waals surface area contributed by atoms with Gasteiger partial charge in [-0.25, -0.2) is 18.0 Å². The maximum Gasteiger partial charge on any atom is 0.408 e. The van der Waals surface area contributed by atoms with Gasteiger partial charge in [-0.2, -0.15) is 0 Å². The molecule has 4 amide bonds. The summed E-state index contributed by atoms with van der Waals surface area (Å²) in [4.78, 5) is 75.5. The third-order valence-corrected chi connectivity index (χ3v) is 8.38. The highest BCUT2D eigenvalue weighted by Gasteiger charge is 2.31. The molecule has 0 heterocycles. The highest BCUT2D eigenvalue weighted by molar-refractivity contribution is 7.96. The molecule has 50 heavy (non-hydrogen) atoms. The number of esters is 1. The van der Waals surface area contributed by atoms with Gasteiger partial charge in [0.1, 0.15) is 23.1 Å². The van der Waals surface area contributed by atoms with Crippen molar-refractivity contribution in [1.29, 1.82) is 0 Å². The van der Waals surface area contributed by atoms with Gasteiger partial charge in [-0.1, -0.05) is 84.5 Å². The Morgan fingerprint density at radius 3 is 2.20 bits per heavy atom. The molecule has 0 unspecified atom stereocenters. The van der Waals surface area contributed by atoms with Crippen LogP contribution in [0.3, 0.4) is 0 Å². The molecule has 0 saturated heterocycles. The van der Waals surface area contributed by atoms with Gasteiger partial charge in [0.05, 0.1) is 25.6 Å². The highest BCUT2D eigenvalue weighted by Crippen LogP contribution is 2.14. The predicted molar refractivity (Wildman–Crippen MR) is 183 cm³/mol. The van der Waals surface area contributed by atoms with Crippen molar-refractivity contribution in [3.63, 3.8) is 0 Å². The Morgan fingerprint density at radius 1 is 0.940 bits per heavy atom. The van der Waals surface area contributed by atoms with E-state index >= 15 is 0 Å². The second-order valence-electron chi connectivity index (χ2n) is 10.6. The van der Waals surface area contributed by atoms with Gasteiger partial charge < -0.3 is 35.8 Å². The van der Waals surface area contributed by atoms with Crippen LogP contribution in [0.4, 0.5) is 4.79 Å². The lowest BCUT2D eigenvalue weighted by Gasteiger charge is -2.26. The summed E-state index contributed by atoms with van der Waals surface area (Å²) < 4.78 is 33.1. The van der Waals surface area contributed by atoms with E-state index in [0.717, 1.165) is 24.5 Å². The number of benzene rings is 1. The number of allylic oxidation sites excluding steroid dienone is 4. The van der Waals surface area contributed by atoms with E-state index in [2.05, 4.69) is 21.3 Å². The second kappa shape index (κ2) is 21.0. The van der Waals surface area contributed by atoms with E-state index < -0.39 is 87.0 Å². The first kappa shape index (κ1) is 41.0. The summed E-state index contributed by atoms with van der Waals surface area (Å²) in [5, 5.41) is 18.8. The van der Waals surface area contributed by atoms with Crippen molar-refractivity contribution < 1.29 is 51.8 Å². The van der Waals surface area contributed by atoms with Gasteiger partial charge in [0.25, 0.3) is 0 Å². The number of sulfone groups is 1. The van der Waals surface area contributed by atoms with Gasteiger partial charge in [-0.15, -0.1) is 0 Å². The van der Waals surface area contributed by atoms with Crippen molar-refractivity contribution in [2.75, 3.05) is 19.4 Å². The van der Waals surface area contributed by atoms with Crippen LogP contribution in [0.25, 0.3) is 0 Å². The van der Waals surface area contributed by atoms with Crippen LogP contribution in [-0.2, 0) is 49.9 Å². The lowest BCUT2D eigenvalue weighted by molar-refractivity contribution is -0.143. The van der Waals surface area contributed by atoms with Crippen LogP contribution in [0.2, 0.25) is 0 Å². The number of carbonyl (C=O) groups excluding carboxylic acids is 5. The van der Waals surface area contributed by atoms with Crippen LogP contribution in [-0.4, -0.2) is 86.8 Å². The number of carbonyl (C=O) groups is 6. The summed E-state index contributed by atoms with van der Waals surface area (Å²) in [5.74, 6) is -5.30. The van der Waals surface area contributed by atoms with Gasteiger partial charge in [-0.05, 0) is 25.0 Å². The molecule has 0 radical (unpaired) electrons. The molecule has 0 aromatic heterocycles. The predicted octanol–water partition coefficient (Wildman–Crippen LogP) is 1.77. The van der Waals surface area contributed by atoms with Gasteiger partial charge in [0, 0.05) is 18.2 Å². The minimum atomic E-state index is -3.86. The largest absolute Gasteiger partial charge is 0.478 e. The van der Waals surface area contributed by atoms with Crippen molar-refractivity contribution in [3.05, 3.63) is 94.9 Å². The summed E-state index contributed by atoms with van der Waals surface area (Å²) in [6, 6.07) is 4.80. The normalized spacial score (nSPS) is 14.9. The van der Waals surface area contributed by atoms with Gasteiger partial charge in [0.2, 0.25) is 17.7 Å². The molecule has 0 fully saturated rings. The number of hydrogen-bond acceptors (Lipinski definition) is 10. The topological polar surface area (TPSA) is 223 Å². The van der Waals surface area contributed by atoms with E-state index in [0.29, 0.717) is 5.56 Å². The van der Waals surface area contributed by atoms with E-state index in [1.165, 1.54) is 0 Å². The molecule has 17 heteroatoms. The van der Waals surface area contributed by atoms with Crippen LogP contribution in [0.15, 0.2) is 89.4 Å². The first-order valence-corrected chi connectivity index (χ1v) is 17.4. The van der Waals surface area contributed by atoms with Crippen LogP contribution in [0.5, 0.6) is 0 Å². The smallest absolute Gasteiger partial charge is 0.408 e. The maximum absolute atomic E-state index is 13.5. The SMILES string of the molecule is CCOC(=O)C[C@@H](C=C(Cl)S(C)(=O)=O)NC(=O)CNC(=O)[C@@H](NC(=O)[C@H](C/C=C/C(=O)O)NC(=O)OCc1ccccc1)C1C=CC=CC=C1. The van der Waals surface area contributed by atoms with Crippen LogP contribution >= 0.6 is 11.6 Å². The Hall–Kier alpha value is -5.22. The van der Waals surface area contributed by atoms with Crippen LogP contribution in [0, 0.1) is 5.92 Å². The van der Waals surface area contributed by atoms with Crippen LogP contribution in [0.1, 0.15) is 25.3 Å². The first-order valence-electron chi connectivity index (χ1n) is 15.2. The number of halogens is 1. The van der Waals surface area contributed by atoms with E-state index in [9.17, 15) is 37.2 Å². The average Bonchev–Trinajstić information content (AvgIpc) is 3.34. The quantitative estimate of drug-likeness (QED) is 0.108. The molecule has 0 bridgehead atoms. The zero-order valence-electron chi connectivity index (χ0n) is 27.2. The third-order valence-electron chi connectivity index (χ3n) is 6.57. The number of rotatable bonds is 18. The van der Waals surface area contributed by atoms with Crippen LogP contribution < -0.4 is 21.3 Å². The standard InChI is InChI=1S/C33H39ClN4O11S/c1-3-48-29(42)19-24(18-26(34)50(2,46)47)36-27(39)20-35-32(44)30(23-14-9-4-5-10-15-23)38-31(43)25(16-11-17-28(40)41)37-33(45)49-21-22-12-7-6-8-13-22/h4-15,17-18,23-25,30H,3,16,19-21H2,1-2H3,(H,35,44)(H,36,39)(H,37,45)(H,38,43)(H,40,41)/b17-11+,26-18?/t24-,25+,30+/m1/s1. The van der Waals surface area contributed by atoms with E-state index in [-0.39, 0.29) is 19.6 Å². The van der Waals surface area contributed by atoms with Crippen molar-refractivity contribution in [3.8, 4) is 0 Å². The van der Waals surface area contributed by atoms with Gasteiger partial charge in [0.15, 0.2) is 9.84 Å². The fourth-order valence-corrected chi connectivity index (χ4v) is 4.77. The molecule has 1 aliphatic rings. The minimum Gasteiger partial charge on any atom is -0.478 e. The van der Waals surface area contributed by atoms with Gasteiger partial charge >= 0.3 is 18.0 Å². The molecule has 2 rings (SSSR count). The highest BCUT2D eigenvalue weighted by atomic mass is 35.5. The van der Waals surface area contributed by atoms with E-state index in [1.807, 2.05) is 0 Å². The number of nitrogens with one attached hydrogen (secondary N) is 4. The Morgan fingerprint density at radius 2 is 1.60 bits per heavy atom. The molecule has 15 nitrogen and oxygen atoms in total. The Bertz CT molecular complexity index is 1620. The number of aliphatic carboxylic acids is 1. The fourth-order valence-electron chi connectivity index (χ4n) is 4.20. The summed E-state index contributed by atoms with van der Waals surface area (Å²) in [5.41, 5.74) is 0.678. The molecule has 3 atom stereocenters. The number of hydrogen-bond donors (Lipinski definition) is 5. The molecule has 1 aliphatic carbocycles. The van der Waals surface area contributed by atoms with Gasteiger partial charge in [-0.3, -0.25) is 19.2 Å². The number of alkyl carbamates (subject to hydrolysis) is 1. The maximum atomic E-state index is 13.5. The number of ether oxygens (including phenoxy) is 2. The van der Waals surface area contributed by atoms with Crippen molar-refractivity contribution in [2.45, 2.75) is 44.5 Å². The van der Waals surface area contributed by atoms with Crippen molar-refractivity contribution in [2.24, 2.45) is 5.92 Å². The molecule has 0 aliphatic heterocycles. The lowest BCUT2D eigenvalue weighted by atomic mass is 9.97. The molecule has 5 N–H and O–H groups in total. The monoisotopic (exact) mass is 734 g/mol. The molecular formula is C33H39ClN4O11S. The number of carboxylic acid groups (broad SMARTS) is 1. The Kier molecular flexibility index (Phi) is 17.2. The van der Waals surface area contributed by atoms with Crippen molar-refractivity contribution >= 4 is 57.2 Å². The second-order valence-corrected chi connectivity index (χ2v) is 13.2. The lowest BCUT2D eigenvalue weighted by Crippen LogP contribution is -2.56. The minimum absolute atomic E-state index is 0.0346. The number of carboxylic acids is 1. The third kappa shape index (κ3) is 15.8. The summed E-state index contributed by atoms with van der Waals surface area (Å²) in [6.45, 7) is 0.822. The number of amides is 4. The van der Waals surface area contributed by atoms with Crippen molar-refractivity contribution in [1.82, 2.24) is 21.3 Å². The molecule has 1 aromatic rings. The average molecular weight is 735 g/mol. The zero-order valence-corrected chi connectivity index (χ0v) is 28.8. The van der Waals surface area contributed by atoms with E-state index in [4.69, 9.17) is 26.2 Å². The fraction of sp³-hybridized carbons (Fsp3) is 0.333. The Balaban J connectivity index is 2.22. The first-order chi connectivity index (χ1) is 23.7. The summed E-state index contributed by atoms with van der Waals surface area (Å²) in [7, 11) is -3.86. The molecule has 0 saturated carbocycles.